The third-order valence-electron chi connectivity index (χ3n) is 0.946. The summed E-state index contributed by atoms with van der Waals surface area (Å²) in [6.07, 6.45) is 0.437. The smallest absolute Gasteiger partial charge is 0.340 e. The maximum Gasteiger partial charge on any atom is 0.340 e. The number of aliphatic imine (C=N–C) groups is 1. The van der Waals surface area contributed by atoms with Gasteiger partial charge in [0.25, 0.3) is 0 Å². The Hall–Kier alpha value is -0.940. The highest BCUT2D eigenvalue weighted by molar-refractivity contribution is 5.82. The van der Waals surface area contributed by atoms with Crippen LogP contribution in [-0.2, 0) is 0 Å². The predicted molar refractivity (Wildman–Crippen MR) is 40.7 cm³/mol. The van der Waals surface area contributed by atoms with Gasteiger partial charge in [-0.2, -0.15) is 0 Å². The number of nitrogens with zero attached hydrogens (tertiary/aromatic N) is 1. The van der Waals surface area contributed by atoms with Crippen molar-refractivity contribution in [1.29, 1.82) is 0 Å². The lowest BCUT2D eigenvalue weighted by atomic mass is 10.4. The zero-order chi connectivity index (χ0) is 8.69. The van der Waals surface area contributed by atoms with Crippen molar-refractivity contribution in [3.05, 3.63) is 0 Å². The normalized spacial score (nSPS) is 13.4. The topological polar surface area (TPSA) is 81.9 Å². The van der Waals surface area contributed by atoms with Gasteiger partial charge in [0.05, 0.1) is 12.7 Å². The third-order valence-corrected chi connectivity index (χ3v) is 0.946. The van der Waals surface area contributed by atoms with Crippen LogP contribution in [-0.4, -0.2) is 41.7 Å². The molecule has 0 aliphatic rings. The maximum absolute atomic E-state index is 10.6. The summed E-state index contributed by atoms with van der Waals surface area (Å²) < 4.78 is 0. The van der Waals surface area contributed by atoms with Gasteiger partial charge in [0, 0.05) is 12.8 Å². The van der Waals surface area contributed by atoms with Crippen LogP contribution in [0.3, 0.4) is 0 Å². The lowest BCUT2D eigenvalue weighted by Crippen LogP contribution is -2.32. The second-order valence-corrected chi connectivity index (χ2v) is 1.91. The van der Waals surface area contributed by atoms with Crippen LogP contribution < -0.4 is 5.32 Å². The molecule has 64 valence electrons. The molecule has 1 atom stereocenters. The first-order valence-electron chi connectivity index (χ1n) is 3.26. The Morgan fingerprint density at radius 1 is 1.82 bits per heavy atom. The van der Waals surface area contributed by atoms with Gasteiger partial charge in [-0.3, -0.25) is 0 Å². The Bertz CT molecular complexity index is 147. The van der Waals surface area contributed by atoms with Gasteiger partial charge in [0.15, 0.2) is 0 Å². The Kier molecular flexibility index (Phi) is 5.32. The molecule has 0 aromatic rings. The van der Waals surface area contributed by atoms with Crippen LogP contribution in [0.2, 0.25) is 0 Å². The molecule has 0 radical (unpaired) electrons. The van der Waals surface area contributed by atoms with Crippen molar-refractivity contribution in [3.63, 3.8) is 0 Å². The number of amides is 2. The van der Waals surface area contributed by atoms with Gasteiger partial charge in [0.1, 0.15) is 0 Å². The van der Waals surface area contributed by atoms with Crippen LogP contribution in [0.25, 0.3) is 0 Å². The Labute approximate surface area is 64.8 Å². The van der Waals surface area contributed by atoms with Crippen LogP contribution in [0, 0.1) is 0 Å². The zero-order valence-corrected chi connectivity index (χ0v) is 6.32. The minimum Gasteiger partial charge on any atom is -0.394 e. The number of aliphatic hydroxyl groups excluding tert-OH is 2. The monoisotopic (exact) mass is 160 g/mol. The van der Waals surface area contributed by atoms with Crippen LogP contribution >= 0.6 is 0 Å². The molecule has 5 heteroatoms. The average molecular weight is 160 g/mol. The van der Waals surface area contributed by atoms with Crippen molar-refractivity contribution in [2.75, 3.05) is 13.2 Å². The minimum absolute atomic E-state index is 0.0205. The molecule has 0 bridgehead atoms. The SMILES string of the molecule is CC=NC(=O)NCC(O)CO. The molecule has 0 aliphatic carbocycles. The second-order valence-electron chi connectivity index (χ2n) is 1.91. The number of carbonyl (C=O) groups excluding carboxylic acids is 1. The number of hydrogen-bond donors (Lipinski definition) is 3. The first-order valence-corrected chi connectivity index (χ1v) is 3.26. The summed E-state index contributed by atoms with van der Waals surface area (Å²) in [7, 11) is 0. The zero-order valence-electron chi connectivity index (χ0n) is 6.32. The van der Waals surface area contributed by atoms with E-state index in [4.69, 9.17) is 10.2 Å². The van der Waals surface area contributed by atoms with Crippen LogP contribution in [0.1, 0.15) is 6.92 Å². The quantitative estimate of drug-likeness (QED) is 0.470. The van der Waals surface area contributed by atoms with Crippen molar-refractivity contribution < 1.29 is 15.0 Å². The Morgan fingerprint density at radius 3 is 2.91 bits per heavy atom. The van der Waals surface area contributed by atoms with Gasteiger partial charge in [-0.1, -0.05) is 0 Å². The van der Waals surface area contributed by atoms with Crippen molar-refractivity contribution in [1.82, 2.24) is 5.32 Å². The van der Waals surface area contributed by atoms with Crippen molar-refractivity contribution in [3.8, 4) is 0 Å². The molecule has 2 amide bonds. The van der Waals surface area contributed by atoms with E-state index in [0.717, 1.165) is 0 Å². The van der Waals surface area contributed by atoms with Crippen molar-refractivity contribution in [2.45, 2.75) is 13.0 Å². The molecule has 1 unspecified atom stereocenters. The minimum atomic E-state index is -0.911. The molecule has 3 N–H and O–H groups in total. The van der Waals surface area contributed by atoms with E-state index in [1.807, 2.05) is 0 Å². The highest BCUT2D eigenvalue weighted by Gasteiger charge is 2.02. The van der Waals surface area contributed by atoms with Gasteiger partial charge in [0.2, 0.25) is 0 Å². The molecule has 0 heterocycles. The molecule has 0 aromatic carbocycles. The summed E-state index contributed by atoms with van der Waals surface area (Å²) in [4.78, 5) is 13.9. The molecule has 0 saturated heterocycles. The number of aliphatic hydroxyl groups is 2. The fraction of sp³-hybridized carbons (Fsp3) is 0.667. The van der Waals surface area contributed by atoms with Gasteiger partial charge in [-0.15, -0.1) is 0 Å². The summed E-state index contributed by atoms with van der Waals surface area (Å²) in [6.45, 7) is 1.27. The first-order chi connectivity index (χ1) is 5.20. The number of carbonyl (C=O) groups is 1. The largest absolute Gasteiger partial charge is 0.394 e. The predicted octanol–water partition coefficient (Wildman–Crippen LogP) is -0.860. The molecule has 0 saturated carbocycles. The van der Waals surface area contributed by atoms with E-state index in [2.05, 4.69) is 10.3 Å². The molecule has 0 rings (SSSR count). The molecule has 0 spiro atoms. The number of nitrogens with one attached hydrogen (secondary N) is 1. The summed E-state index contributed by atoms with van der Waals surface area (Å²) in [5.41, 5.74) is 0. The average Bonchev–Trinajstić information content (AvgIpc) is 2.01. The first kappa shape index (κ1) is 10.1. The standard InChI is InChI=1S/C6H12N2O3/c1-2-7-6(11)8-3-5(10)4-9/h2,5,9-10H,3-4H2,1H3,(H,8,11). The lowest BCUT2D eigenvalue weighted by molar-refractivity contribution is 0.0963. The van der Waals surface area contributed by atoms with Gasteiger partial charge >= 0.3 is 6.03 Å². The van der Waals surface area contributed by atoms with Crippen LogP contribution in [0.15, 0.2) is 4.99 Å². The summed E-state index contributed by atoms with van der Waals surface area (Å²) in [5.74, 6) is 0. The van der Waals surface area contributed by atoms with Gasteiger partial charge in [-0.05, 0) is 6.92 Å². The Balaban J connectivity index is 3.45. The second kappa shape index (κ2) is 5.82. The number of rotatable bonds is 3. The highest BCUT2D eigenvalue weighted by Crippen LogP contribution is 1.78. The molecule has 5 nitrogen and oxygen atoms in total. The van der Waals surface area contributed by atoms with Crippen molar-refractivity contribution in [2.24, 2.45) is 4.99 Å². The van der Waals surface area contributed by atoms with E-state index in [0.29, 0.717) is 0 Å². The van der Waals surface area contributed by atoms with Crippen molar-refractivity contribution >= 4 is 12.2 Å². The van der Waals surface area contributed by atoms with E-state index in [1.54, 1.807) is 6.92 Å². The lowest BCUT2D eigenvalue weighted by Gasteiger charge is -2.05. The summed E-state index contributed by atoms with van der Waals surface area (Å²) in [6, 6.07) is -0.514. The van der Waals surface area contributed by atoms with E-state index in [9.17, 15) is 4.79 Å². The summed E-state index contributed by atoms with van der Waals surface area (Å²) in [5, 5.41) is 19.4. The van der Waals surface area contributed by atoms with Crippen LogP contribution in [0.4, 0.5) is 4.79 Å². The van der Waals surface area contributed by atoms with E-state index < -0.39 is 12.1 Å². The third kappa shape index (κ3) is 5.50. The summed E-state index contributed by atoms with van der Waals surface area (Å²) >= 11 is 0. The number of urea groups is 1. The van der Waals surface area contributed by atoms with E-state index >= 15 is 0 Å². The molecule has 0 aliphatic heterocycles. The molecular formula is C6H12N2O3. The van der Waals surface area contributed by atoms with Crippen LogP contribution in [0.5, 0.6) is 0 Å². The maximum atomic E-state index is 10.6. The fourth-order valence-corrected chi connectivity index (χ4v) is 0.433. The highest BCUT2D eigenvalue weighted by atomic mass is 16.3. The fourth-order valence-electron chi connectivity index (χ4n) is 0.433. The van der Waals surface area contributed by atoms with E-state index in [-0.39, 0.29) is 13.2 Å². The van der Waals surface area contributed by atoms with Gasteiger partial charge < -0.3 is 15.5 Å². The molecular weight excluding hydrogens is 148 g/mol. The molecule has 11 heavy (non-hydrogen) atoms. The number of hydrogen-bond acceptors (Lipinski definition) is 3. The Morgan fingerprint density at radius 2 is 2.45 bits per heavy atom. The van der Waals surface area contributed by atoms with E-state index in [1.165, 1.54) is 6.21 Å². The molecule has 0 aromatic heterocycles. The molecule has 0 fully saturated rings. The van der Waals surface area contributed by atoms with Gasteiger partial charge in [-0.25, -0.2) is 9.79 Å².